The zero-order valence-corrected chi connectivity index (χ0v) is 11.2. The van der Waals surface area contributed by atoms with Crippen molar-refractivity contribution in [3.05, 3.63) is 35.8 Å². The molecule has 0 amide bonds. The molecule has 0 aliphatic carbocycles. The van der Waals surface area contributed by atoms with Crippen LogP contribution in [0.25, 0.3) is 0 Å². The second-order valence-electron chi connectivity index (χ2n) is 4.20. The van der Waals surface area contributed by atoms with Gasteiger partial charge >= 0.3 is 0 Å². The van der Waals surface area contributed by atoms with Crippen LogP contribution >= 0.6 is 0 Å². The van der Waals surface area contributed by atoms with E-state index in [1.807, 2.05) is 23.9 Å². The Hall–Kier alpha value is -1.62. The minimum absolute atomic E-state index is 0.139. The lowest BCUT2D eigenvalue weighted by atomic mass is 10.1. The fourth-order valence-corrected chi connectivity index (χ4v) is 2.01. The molecule has 0 aromatic carbocycles. The van der Waals surface area contributed by atoms with E-state index >= 15 is 0 Å². The van der Waals surface area contributed by atoms with E-state index in [1.54, 1.807) is 6.33 Å². The van der Waals surface area contributed by atoms with E-state index in [4.69, 9.17) is 4.42 Å². The first-order valence-corrected chi connectivity index (χ1v) is 6.41. The third-order valence-electron chi connectivity index (χ3n) is 3.10. The standard InChI is InChI=1S/C13H20N4O/c1-4-10-6-7-12(18-10)11(14-3)8-13-15-9-16-17(13)5-2/h6-7,9,11,14H,4-5,8H2,1-3H3. The smallest absolute Gasteiger partial charge is 0.138 e. The Morgan fingerprint density at radius 3 is 2.83 bits per heavy atom. The summed E-state index contributed by atoms with van der Waals surface area (Å²) in [5, 5.41) is 7.45. The molecule has 2 heterocycles. The van der Waals surface area contributed by atoms with Crippen molar-refractivity contribution in [1.29, 1.82) is 0 Å². The molecule has 2 aromatic rings. The summed E-state index contributed by atoms with van der Waals surface area (Å²) < 4.78 is 7.70. The summed E-state index contributed by atoms with van der Waals surface area (Å²) in [6.07, 6.45) is 3.30. The van der Waals surface area contributed by atoms with Gasteiger partial charge in [0.15, 0.2) is 0 Å². The molecule has 0 bridgehead atoms. The molecule has 1 unspecified atom stereocenters. The molecule has 0 aliphatic rings. The molecule has 18 heavy (non-hydrogen) atoms. The monoisotopic (exact) mass is 248 g/mol. The van der Waals surface area contributed by atoms with Crippen LogP contribution in [0.4, 0.5) is 0 Å². The topological polar surface area (TPSA) is 55.9 Å². The summed E-state index contributed by atoms with van der Waals surface area (Å²) in [6, 6.07) is 4.21. The minimum atomic E-state index is 0.139. The lowest BCUT2D eigenvalue weighted by molar-refractivity contribution is 0.399. The van der Waals surface area contributed by atoms with Gasteiger partial charge < -0.3 is 9.73 Å². The molecule has 98 valence electrons. The predicted molar refractivity (Wildman–Crippen MR) is 69.3 cm³/mol. The van der Waals surface area contributed by atoms with Crippen molar-refractivity contribution < 1.29 is 4.42 Å². The molecule has 0 fully saturated rings. The quantitative estimate of drug-likeness (QED) is 0.849. The zero-order chi connectivity index (χ0) is 13.0. The van der Waals surface area contributed by atoms with Gasteiger partial charge in [0.1, 0.15) is 23.7 Å². The van der Waals surface area contributed by atoms with E-state index in [-0.39, 0.29) is 6.04 Å². The molecule has 1 atom stereocenters. The number of aromatic nitrogens is 3. The van der Waals surface area contributed by atoms with Gasteiger partial charge in [-0.1, -0.05) is 6.92 Å². The summed E-state index contributed by atoms with van der Waals surface area (Å²) in [5.74, 6) is 2.95. The van der Waals surface area contributed by atoms with Crippen LogP contribution in [-0.4, -0.2) is 21.8 Å². The number of rotatable bonds is 6. The Morgan fingerprint density at radius 2 is 2.22 bits per heavy atom. The Bertz CT molecular complexity index is 489. The molecule has 0 saturated carbocycles. The van der Waals surface area contributed by atoms with Crippen LogP contribution in [0.1, 0.15) is 37.2 Å². The van der Waals surface area contributed by atoms with Crippen molar-refractivity contribution in [3.63, 3.8) is 0 Å². The number of hydrogen-bond acceptors (Lipinski definition) is 4. The first kappa shape index (κ1) is 12.8. The van der Waals surface area contributed by atoms with Gasteiger partial charge in [0.25, 0.3) is 0 Å². The predicted octanol–water partition coefficient (Wildman–Crippen LogP) is 1.96. The SMILES string of the molecule is CCc1ccc(C(Cc2ncnn2CC)NC)o1. The highest BCUT2D eigenvalue weighted by Crippen LogP contribution is 2.20. The maximum atomic E-state index is 5.79. The van der Waals surface area contributed by atoms with E-state index in [2.05, 4.69) is 29.2 Å². The van der Waals surface area contributed by atoms with Crippen LogP contribution in [0.3, 0.4) is 0 Å². The van der Waals surface area contributed by atoms with E-state index in [1.165, 1.54) is 0 Å². The highest BCUT2D eigenvalue weighted by Gasteiger charge is 2.17. The van der Waals surface area contributed by atoms with Crippen LogP contribution in [0, 0.1) is 0 Å². The molecule has 1 N–H and O–H groups in total. The molecule has 2 rings (SSSR count). The van der Waals surface area contributed by atoms with Gasteiger partial charge in [-0.2, -0.15) is 5.10 Å². The summed E-state index contributed by atoms with van der Waals surface area (Å²) in [6.45, 7) is 4.99. The highest BCUT2D eigenvalue weighted by atomic mass is 16.3. The van der Waals surface area contributed by atoms with Gasteiger partial charge in [-0.15, -0.1) is 0 Å². The van der Waals surface area contributed by atoms with Crippen molar-refractivity contribution >= 4 is 0 Å². The average molecular weight is 248 g/mol. The van der Waals surface area contributed by atoms with Crippen molar-refractivity contribution in [1.82, 2.24) is 20.1 Å². The van der Waals surface area contributed by atoms with Gasteiger partial charge in [-0.3, -0.25) is 4.68 Å². The molecule has 0 radical (unpaired) electrons. The Labute approximate surface area is 107 Å². The summed E-state index contributed by atoms with van der Waals surface area (Å²) in [7, 11) is 1.94. The van der Waals surface area contributed by atoms with E-state index in [9.17, 15) is 0 Å². The fraction of sp³-hybridized carbons (Fsp3) is 0.538. The molecule has 5 heteroatoms. The maximum Gasteiger partial charge on any atom is 0.138 e. The van der Waals surface area contributed by atoms with Crippen LogP contribution < -0.4 is 5.32 Å². The lowest BCUT2D eigenvalue weighted by Crippen LogP contribution is -2.20. The van der Waals surface area contributed by atoms with Gasteiger partial charge in [0.2, 0.25) is 0 Å². The number of likely N-dealkylation sites (N-methyl/N-ethyl adjacent to an activating group) is 1. The van der Waals surface area contributed by atoms with Crippen molar-refractivity contribution in [2.75, 3.05) is 7.05 Å². The fourth-order valence-electron chi connectivity index (χ4n) is 2.01. The first-order chi connectivity index (χ1) is 8.78. The number of nitrogens with one attached hydrogen (secondary N) is 1. The molecule has 0 aliphatic heterocycles. The Morgan fingerprint density at radius 1 is 1.39 bits per heavy atom. The van der Waals surface area contributed by atoms with Crippen molar-refractivity contribution in [2.24, 2.45) is 0 Å². The van der Waals surface area contributed by atoms with Gasteiger partial charge in [-0.25, -0.2) is 4.98 Å². The number of aryl methyl sites for hydroxylation is 2. The Kier molecular flexibility index (Phi) is 4.15. The number of nitrogens with zero attached hydrogens (tertiary/aromatic N) is 3. The van der Waals surface area contributed by atoms with Crippen LogP contribution in [0.2, 0.25) is 0 Å². The summed E-state index contributed by atoms with van der Waals surface area (Å²) >= 11 is 0. The van der Waals surface area contributed by atoms with E-state index in [0.29, 0.717) is 0 Å². The third kappa shape index (κ3) is 2.61. The molecular formula is C13H20N4O. The molecular weight excluding hydrogens is 228 g/mol. The average Bonchev–Trinajstić information content (AvgIpc) is 3.04. The first-order valence-electron chi connectivity index (χ1n) is 6.41. The zero-order valence-electron chi connectivity index (χ0n) is 11.2. The number of furan rings is 1. The van der Waals surface area contributed by atoms with Gasteiger partial charge in [0.05, 0.1) is 6.04 Å². The largest absolute Gasteiger partial charge is 0.464 e. The van der Waals surface area contributed by atoms with Crippen LogP contribution in [0.5, 0.6) is 0 Å². The molecule has 5 nitrogen and oxygen atoms in total. The van der Waals surface area contributed by atoms with Crippen molar-refractivity contribution in [2.45, 2.75) is 39.3 Å². The van der Waals surface area contributed by atoms with E-state index in [0.717, 1.165) is 36.7 Å². The lowest BCUT2D eigenvalue weighted by Gasteiger charge is -2.13. The second-order valence-corrected chi connectivity index (χ2v) is 4.20. The highest BCUT2D eigenvalue weighted by molar-refractivity contribution is 5.12. The minimum Gasteiger partial charge on any atom is -0.464 e. The van der Waals surface area contributed by atoms with Crippen molar-refractivity contribution in [3.8, 4) is 0 Å². The van der Waals surface area contributed by atoms with Crippen LogP contribution in [0.15, 0.2) is 22.9 Å². The van der Waals surface area contributed by atoms with Crippen LogP contribution in [-0.2, 0) is 19.4 Å². The molecule has 2 aromatic heterocycles. The van der Waals surface area contributed by atoms with Gasteiger partial charge in [-0.05, 0) is 26.1 Å². The molecule has 0 saturated heterocycles. The second kappa shape index (κ2) is 5.82. The summed E-state index contributed by atoms with van der Waals surface area (Å²) in [4.78, 5) is 4.30. The van der Waals surface area contributed by atoms with E-state index < -0.39 is 0 Å². The molecule has 0 spiro atoms. The van der Waals surface area contributed by atoms with Gasteiger partial charge in [0, 0.05) is 19.4 Å². The Balaban J connectivity index is 2.14. The third-order valence-corrected chi connectivity index (χ3v) is 3.10. The summed E-state index contributed by atoms with van der Waals surface area (Å²) in [5.41, 5.74) is 0. The normalized spacial score (nSPS) is 12.8. The number of hydrogen-bond donors (Lipinski definition) is 1. The maximum absolute atomic E-state index is 5.79.